The molecule has 2 N–H and O–H groups in total. The maximum absolute atomic E-state index is 13.8. The lowest BCUT2D eigenvalue weighted by Gasteiger charge is -2.09. The zero-order chi connectivity index (χ0) is 15.5. The summed E-state index contributed by atoms with van der Waals surface area (Å²) in [6.45, 7) is 0. The minimum Gasteiger partial charge on any atom is -0.386 e. The summed E-state index contributed by atoms with van der Waals surface area (Å²) < 4.78 is 13.8. The van der Waals surface area contributed by atoms with Crippen molar-refractivity contribution in [2.75, 3.05) is 19.4 Å². The fraction of sp³-hybridized carbons (Fsp3) is 0.188. The number of rotatable bonds is 3. The highest BCUT2D eigenvalue weighted by Crippen LogP contribution is 2.27. The summed E-state index contributed by atoms with van der Waals surface area (Å²) in [7, 11) is 3.49. The van der Waals surface area contributed by atoms with Crippen molar-refractivity contribution in [3.63, 3.8) is 0 Å². The van der Waals surface area contributed by atoms with Gasteiger partial charge in [-0.1, -0.05) is 6.08 Å². The number of halogens is 1. The Morgan fingerprint density at radius 1 is 1.09 bits per heavy atom. The van der Waals surface area contributed by atoms with E-state index in [1.807, 2.05) is 12.1 Å². The van der Waals surface area contributed by atoms with Gasteiger partial charge in [-0.2, -0.15) is 0 Å². The molecule has 0 amide bonds. The van der Waals surface area contributed by atoms with Crippen LogP contribution in [0.3, 0.4) is 0 Å². The lowest BCUT2D eigenvalue weighted by atomic mass is 10.1. The third kappa shape index (κ3) is 2.55. The van der Waals surface area contributed by atoms with Crippen LogP contribution in [-0.4, -0.2) is 29.0 Å². The van der Waals surface area contributed by atoms with Gasteiger partial charge in [-0.25, -0.2) is 14.4 Å². The molecule has 1 aliphatic rings. The van der Waals surface area contributed by atoms with E-state index in [0.29, 0.717) is 17.9 Å². The zero-order valence-electron chi connectivity index (χ0n) is 12.4. The van der Waals surface area contributed by atoms with Crippen molar-refractivity contribution < 1.29 is 4.39 Å². The van der Waals surface area contributed by atoms with Crippen molar-refractivity contribution in [3.8, 4) is 0 Å². The summed E-state index contributed by atoms with van der Waals surface area (Å²) in [6, 6.07) is 1.87. The molecule has 112 valence electrons. The molecule has 0 spiro atoms. The number of allylic oxidation sites excluding steroid dienone is 5. The molecular weight excluding hydrogens is 281 g/mol. The molecule has 0 fully saturated rings. The van der Waals surface area contributed by atoms with E-state index in [-0.39, 0.29) is 5.83 Å². The van der Waals surface area contributed by atoms with E-state index in [9.17, 15) is 4.39 Å². The van der Waals surface area contributed by atoms with Gasteiger partial charge in [0.25, 0.3) is 0 Å². The van der Waals surface area contributed by atoms with Crippen molar-refractivity contribution in [1.82, 2.24) is 20.3 Å². The van der Waals surface area contributed by atoms with Crippen LogP contribution >= 0.6 is 0 Å². The van der Waals surface area contributed by atoms with E-state index < -0.39 is 0 Å². The van der Waals surface area contributed by atoms with E-state index in [1.54, 1.807) is 38.6 Å². The summed E-state index contributed by atoms with van der Waals surface area (Å²) in [4.78, 5) is 13.2. The van der Waals surface area contributed by atoms with E-state index >= 15 is 0 Å². The second-order valence-electron chi connectivity index (χ2n) is 4.81. The number of nitrogens with one attached hydrogen (secondary N) is 2. The van der Waals surface area contributed by atoms with Crippen LogP contribution in [0.2, 0.25) is 0 Å². The number of pyridine rings is 1. The Morgan fingerprint density at radius 3 is 2.68 bits per heavy atom. The average Bonchev–Trinajstić information content (AvgIpc) is 2.75. The fourth-order valence-corrected chi connectivity index (χ4v) is 2.34. The molecule has 0 aliphatic heterocycles. The van der Waals surface area contributed by atoms with Gasteiger partial charge in [0.1, 0.15) is 11.3 Å². The van der Waals surface area contributed by atoms with Gasteiger partial charge in [0.2, 0.25) is 0 Å². The van der Waals surface area contributed by atoms with Gasteiger partial charge in [0, 0.05) is 26.5 Å². The number of likely N-dealkylation sites (N-methyl/N-ethyl adjacent to an activating group) is 1. The van der Waals surface area contributed by atoms with Gasteiger partial charge in [0.15, 0.2) is 5.82 Å². The molecule has 2 heterocycles. The zero-order valence-corrected chi connectivity index (χ0v) is 12.4. The number of aromatic nitrogens is 3. The maximum atomic E-state index is 13.8. The monoisotopic (exact) mass is 297 g/mol. The normalized spacial score (nSPS) is 14.8. The topological polar surface area (TPSA) is 62.7 Å². The minimum atomic E-state index is -0.261. The Labute approximate surface area is 127 Å². The first-order valence-electron chi connectivity index (χ1n) is 6.97. The SMILES string of the molecule is CNC1=CC=C(c2cc3nccnc3c(NC)n2)CC=C1F. The van der Waals surface area contributed by atoms with Crippen LogP contribution in [0, 0.1) is 0 Å². The maximum Gasteiger partial charge on any atom is 0.154 e. The summed E-state index contributed by atoms with van der Waals surface area (Å²) in [5.41, 5.74) is 3.62. The molecule has 0 aromatic carbocycles. The highest BCUT2D eigenvalue weighted by molar-refractivity contribution is 5.88. The Kier molecular flexibility index (Phi) is 3.82. The van der Waals surface area contributed by atoms with Gasteiger partial charge < -0.3 is 10.6 Å². The fourth-order valence-electron chi connectivity index (χ4n) is 2.34. The van der Waals surface area contributed by atoms with Gasteiger partial charge in [-0.15, -0.1) is 0 Å². The quantitative estimate of drug-likeness (QED) is 0.912. The first-order chi connectivity index (χ1) is 10.7. The largest absolute Gasteiger partial charge is 0.386 e. The number of hydrogen-bond acceptors (Lipinski definition) is 5. The lowest BCUT2D eigenvalue weighted by molar-refractivity contribution is 0.631. The molecular formula is C16H16FN5. The molecule has 3 rings (SSSR count). The molecule has 0 bridgehead atoms. The van der Waals surface area contributed by atoms with Crippen molar-refractivity contribution in [3.05, 3.63) is 53.9 Å². The van der Waals surface area contributed by atoms with E-state index in [0.717, 1.165) is 22.3 Å². The molecule has 0 saturated heterocycles. The molecule has 0 radical (unpaired) electrons. The Bertz CT molecular complexity index is 807. The third-order valence-corrected chi connectivity index (χ3v) is 3.50. The molecule has 2 aromatic rings. The molecule has 1 aliphatic carbocycles. The van der Waals surface area contributed by atoms with E-state index in [4.69, 9.17) is 0 Å². The lowest BCUT2D eigenvalue weighted by Crippen LogP contribution is -2.05. The summed E-state index contributed by atoms with van der Waals surface area (Å²) >= 11 is 0. The van der Waals surface area contributed by atoms with Gasteiger partial charge in [-0.05, 0) is 30.2 Å². The number of hydrogen-bond donors (Lipinski definition) is 2. The van der Waals surface area contributed by atoms with E-state index in [2.05, 4.69) is 25.6 Å². The van der Waals surface area contributed by atoms with Gasteiger partial charge in [-0.3, -0.25) is 4.98 Å². The second-order valence-corrected chi connectivity index (χ2v) is 4.81. The predicted molar refractivity (Wildman–Crippen MR) is 85.8 cm³/mol. The highest BCUT2D eigenvalue weighted by atomic mass is 19.1. The van der Waals surface area contributed by atoms with Crippen molar-refractivity contribution in [2.45, 2.75) is 6.42 Å². The molecule has 2 aromatic heterocycles. The number of nitrogens with zero attached hydrogens (tertiary/aromatic N) is 3. The Morgan fingerprint density at radius 2 is 1.91 bits per heavy atom. The first-order valence-corrected chi connectivity index (χ1v) is 6.97. The molecule has 6 heteroatoms. The van der Waals surface area contributed by atoms with Crippen LogP contribution < -0.4 is 10.6 Å². The second kappa shape index (κ2) is 5.93. The van der Waals surface area contributed by atoms with Crippen LogP contribution in [0.5, 0.6) is 0 Å². The van der Waals surface area contributed by atoms with Crippen molar-refractivity contribution >= 4 is 22.4 Å². The Hall–Kier alpha value is -2.76. The van der Waals surface area contributed by atoms with Crippen molar-refractivity contribution in [2.24, 2.45) is 0 Å². The highest BCUT2D eigenvalue weighted by Gasteiger charge is 2.12. The molecule has 0 unspecified atom stereocenters. The minimum absolute atomic E-state index is 0.261. The van der Waals surface area contributed by atoms with Crippen LogP contribution in [0.1, 0.15) is 12.1 Å². The average molecular weight is 297 g/mol. The molecule has 22 heavy (non-hydrogen) atoms. The summed E-state index contributed by atoms with van der Waals surface area (Å²) in [6.07, 6.45) is 8.88. The Balaban J connectivity index is 2.11. The van der Waals surface area contributed by atoms with Crippen LogP contribution in [0.25, 0.3) is 16.6 Å². The summed E-state index contributed by atoms with van der Waals surface area (Å²) in [5.74, 6) is 0.399. The molecule has 5 nitrogen and oxygen atoms in total. The van der Waals surface area contributed by atoms with Gasteiger partial charge >= 0.3 is 0 Å². The van der Waals surface area contributed by atoms with Crippen LogP contribution in [0.4, 0.5) is 10.2 Å². The standard InChI is InChI=1S/C16H16FN5/c1-18-12-6-4-10(3-5-11(12)17)13-9-14-15(16(19-2)22-13)21-8-7-20-14/h4-9,18H,3H2,1-2H3,(H,19,22). The van der Waals surface area contributed by atoms with Gasteiger partial charge in [0.05, 0.1) is 16.9 Å². The first kappa shape index (κ1) is 14.2. The van der Waals surface area contributed by atoms with Crippen LogP contribution in [-0.2, 0) is 0 Å². The third-order valence-electron chi connectivity index (χ3n) is 3.50. The molecule has 0 atom stereocenters. The number of anilines is 1. The molecule has 0 saturated carbocycles. The number of fused-ring (bicyclic) bond motifs is 1. The summed E-state index contributed by atoms with van der Waals surface area (Å²) in [5, 5.41) is 5.87. The van der Waals surface area contributed by atoms with E-state index in [1.165, 1.54) is 0 Å². The predicted octanol–water partition coefficient (Wildman–Crippen LogP) is 2.81. The van der Waals surface area contributed by atoms with Crippen LogP contribution in [0.15, 0.2) is 48.2 Å². The smallest absolute Gasteiger partial charge is 0.154 e. The van der Waals surface area contributed by atoms with Crippen molar-refractivity contribution in [1.29, 1.82) is 0 Å².